The highest BCUT2D eigenvalue weighted by Gasteiger charge is 2.45. The average Bonchev–Trinajstić information content (AvgIpc) is 3.19. The summed E-state index contributed by atoms with van der Waals surface area (Å²) in [6.45, 7) is 13.4. The Kier molecular flexibility index (Phi) is 3.29. The molecular weight excluding hydrogens is 344 g/mol. The van der Waals surface area contributed by atoms with E-state index in [-0.39, 0.29) is 5.54 Å². The molecule has 5 rings (SSSR count). The molecule has 0 bridgehead atoms. The fourth-order valence-electron chi connectivity index (χ4n) is 4.75. The molecule has 0 amide bonds. The number of aromatic nitrogens is 3. The van der Waals surface area contributed by atoms with Crippen LogP contribution in [0.15, 0.2) is 36.4 Å². The number of rotatable bonds is 1. The van der Waals surface area contributed by atoms with Crippen molar-refractivity contribution in [2.75, 3.05) is 0 Å². The normalized spacial score (nSPS) is 15.8. The highest BCUT2D eigenvalue weighted by molar-refractivity contribution is 6.01. The lowest BCUT2D eigenvalue weighted by atomic mass is 9.99. The maximum atomic E-state index is 5.11. The molecule has 0 aliphatic carbocycles. The van der Waals surface area contributed by atoms with Crippen LogP contribution >= 0.6 is 0 Å². The van der Waals surface area contributed by atoms with Crippen molar-refractivity contribution >= 4 is 39.4 Å². The molecule has 4 aromatic rings. The maximum Gasteiger partial charge on any atom is 0.360 e. The predicted octanol–water partition coefficient (Wildman–Crippen LogP) is 5.50. The zero-order chi connectivity index (χ0) is 20.0. The van der Waals surface area contributed by atoms with E-state index in [0.717, 1.165) is 11.5 Å². The first-order valence-electron chi connectivity index (χ1n) is 9.92. The van der Waals surface area contributed by atoms with Gasteiger partial charge in [0.1, 0.15) is 11.1 Å². The number of imidazole rings is 1. The van der Waals surface area contributed by atoms with E-state index in [1.165, 1.54) is 44.6 Å². The van der Waals surface area contributed by atoms with Crippen LogP contribution in [0.5, 0.6) is 0 Å². The molecule has 0 saturated carbocycles. The highest BCUT2D eigenvalue weighted by atomic mass is 15.4. The molecule has 2 aromatic carbocycles. The lowest BCUT2D eigenvalue weighted by Gasteiger charge is -2.19. The molecule has 2 aromatic heterocycles. The molecular formula is C24H27N4+. The number of aryl methyl sites for hydroxylation is 4. The molecule has 1 aliphatic heterocycles. The summed E-state index contributed by atoms with van der Waals surface area (Å²) in [4.78, 5) is 5.11. The Balaban J connectivity index is 1.90. The number of nitrogens with zero attached hydrogens (tertiary/aromatic N) is 4. The largest absolute Gasteiger partial charge is 0.360 e. The first-order valence-corrected chi connectivity index (χ1v) is 9.92. The first-order chi connectivity index (χ1) is 13.2. The van der Waals surface area contributed by atoms with Gasteiger partial charge in [0.2, 0.25) is 5.82 Å². The minimum atomic E-state index is -0.144. The van der Waals surface area contributed by atoms with E-state index in [1.54, 1.807) is 0 Å². The quantitative estimate of drug-likeness (QED) is 0.406. The molecule has 0 radical (unpaired) electrons. The van der Waals surface area contributed by atoms with Gasteiger partial charge in [0.25, 0.3) is 0 Å². The Morgan fingerprint density at radius 2 is 1.61 bits per heavy atom. The van der Waals surface area contributed by atoms with E-state index in [9.17, 15) is 0 Å². The molecule has 28 heavy (non-hydrogen) atoms. The van der Waals surface area contributed by atoms with E-state index in [1.807, 2.05) is 0 Å². The minimum absolute atomic E-state index is 0.144. The zero-order valence-corrected chi connectivity index (χ0v) is 17.8. The Morgan fingerprint density at radius 3 is 2.32 bits per heavy atom. The number of hydrogen-bond acceptors (Lipinski definition) is 1. The van der Waals surface area contributed by atoms with Crippen LogP contribution in [0, 0.1) is 20.8 Å². The molecule has 1 aliphatic rings. The monoisotopic (exact) mass is 371 g/mol. The Bertz CT molecular complexity index is 1290. The van der Waals surface area contributed by atoms with Crippen molar-refractivity contribution in [1.29, 1.82) is 0 Å². The standard InChI is InChI=1S/C24H27N4/c1-14-12-19-21(13-15(14)2)28-23(25-19)27(17(4)24(28,5)6)22-16(3)18-10-8-9-11-20(18)26(22)7/h8-13H,1-7H3/q+1. The van der Waals surface area contributed by atoms with Crippen LogP contribution in [0.3, 0.4) is 0 Å². The zero-order valence-electron chi connectivity index (χ0n) is 17.8. The smallest absolute Gasteiger partial charge is 0.278 e. The van der Waals surface area contributed by atoms with E-state index < -0.39 is 0 Å². The van der Waals surface area contributed by atoms with E-state index in [2.05, 4.69) is 98.7 Å². The van der Waals surface area contributed by atoms with Crippen molar-refractivity contribution in [3.05, 3.63) is 53.1 Å². The molecule has 4 nitrogen and oxygen atoms in total. The highest BCUT2D eigenvalue weighted by Crippen LogP contribution is 2.41. The molecule has 0 N–H and O–H groups in total. The molecule has 4 heteroatoms. The molecule has 0 atom stereocenters. The van der Waals surface area contributed by atoms with Gasteiger partial charge in [-0.15, -0.1) is 4.98 Å². The van der Waals surface area contributed by atoms with Crippen molar-refractivity contribution < 1.29 is 0 Å². The predicted molar refractivity (Wildman–Crippen MR) is 118 cm³/mol. The summed E-state index contributed by atoms with van der Waals surface area (Å²) in [5.41, 5.74) is 8.57. The lowest BCUT2D eigenvalue weighted by molar-refractivity contribution is 0.528. The fourth-order valence-corrected chi connectivity index (χ4v) is 4.75. The van der Waals surface area contributed by atoms with E-state index in [0.29, 0.717) is 0 Å². The van der Waals surface area contributed by atoms with Gasteiger partial charge in [0.15, 0.2) is 5.52 Å². The molecule has 0 saturated heterocycles. The van der Waals surface area contributed by atoms with Crippen LogP contribution in [-0.4, -0.2) is 19.8 Å². The third-order valence-electron chi connectivity index (χ3n) is 6.77. The number of fused-ring (bicyclic) bond motifs is 4. The van der Waals surface area contributed by atoms with Crippen LogP contribution in [0.25, 0.3) is 21.9 Å². The maximum absolute atomic E-state index is 5.11. The van der Waals surface area contributed by atoms with Crippen LogP contribution in [-0.2, 0) is 12.6 Å². The van der Waals surface area contributed by atoms with Gasteiger partial charge in [0, 0.05) is 18.0 Å². The minimum Gasteiger partial charge on any atom is -0.278 e. The van der Waals surface area contributed by atoms with Gasteiger partial charge >= 0.3 is 5.95 Å². The van der Waals surface area contributed by atoms with E-state index in [4.69, 9.17) is 4.98 Å². The summed E-state index contributed by atoms with van der Waals surface area (Å²) in [6.07, 6.45) is 0. The SMILES string of the molecule is CC1=[N+](c2c(C)c3ccccc3n2C)c2nc3cc(C)c(C)cc3n2C1(C)C. The van der Waals surface area contributed by atoms with Gasteiger partial charge in [-0.2, -0.15) is 4.58 Å². The second-order valence-corrected chi connectivity index (χ2v) is 8.68. The summed E-state index contributed by atoms with van der Waals surface area (Å²) in [7, 11) is 2.16. The van der Waals surface area contributed by atoms with Gasteiger partial charge in [-0.1, -0.05) is 18.2 Å². The summed E-state index contributed by atoms with van der Waals surface area (Å²) in [6, 6.07) is 13.1. The number of hydrogen-bond donors (Lipinski definition) is 0. The summed E-state index contributed by atoms with van der Waals surface area (Å²) in [5.74, 6) is 2.21. The average molecular weight is 372 g/mol. The lowest BCUT2D eigenvalue weighted by Crippen LogP contribution is -2.32. The summed E-state index contributed by atoms with van der Waals surface area (Å²) in [5, 5.41) is 1.30. The molecule has 0 spiro atoms. The van der Waals surface area contributed by atoms with Gasteiger partial charge in [-0.3, -0.25) is 4.57 Å². The van der Waals surface area contributed by atoms with Crippen molar-refractivity contribution in [2.45, 2.75) is 47.1 Å². The summed E-state index contributed by atoms with van der Waals surface area (Å²) < 4.78 is 7.07. The number of benzene rings is 2. The van der Waals surface area contributed by atoms with Crippen LogP contribution < -0.4 is 4.58 Å². The van der Waals surface area contributed by atoms with Crippen LogP contribution in [0.1, 0.15) is 37.5 Å². The molecule has 0 unspecified atom stereocenters. The van der Waals surface area contributed by atoms with Gasteiger partial charge in [-0.05, 0) is 70.9 Å². The third-order valence-corrected chi connectivity index (χ3v) is 6.77. The van der Waals surface area contributed by atoms with Crippen molar-refractivity contribution in [2.24, 2.45) is 7.05 Å². The molecule has 142 valence electrons. The summed E-state index contributed by atoms with van der Waals surface area (Å²) >= 11 is 0. The second-order valence-electron chi connectivity index (χ2n) is 8.68. The topological polar surface area (TPSA) is 25.8 Å². The third kappa shape index (κ3) is 1.95. The molecule has 3 heterocycles. The van der Waals surface area contributed by atoms with Crippen molar-refractivity contribution in [3.63, 3.8) is 0 Å². The Labute approximate surface area is 165 Å². The fraction of sp³-hybridized carbons (Fsp3) is 0.333. The Morgan fingerprint density at radius 1 is 0.929 bits per heavy atom. The first kappa shape index (κ1) is 17.2. The van der Waals surface area contributed by atoms with Crippen LogP contribution in [0.4, 0.5) is 11.8 Å². The van der Waals surface area contributed by atoms with Gasteiger partial charge in [0.05, 0.1) is 11.2 Å². The number of para-hydroxylation sites is 1. The van der Waals surface area contributed by atoms with Crippen molar-refractivity contribution in [3.8, 4) is 0 Å². The van der Waals surface area contributed by atoms with E-state index >= 15 is 0 Å². The van der Waals surface area contributed by atoms with Crippen LogP contribution in [0.2, 0.25) is 0 Å². The van der Waals surface area contributed by atoms with Crippen molar-refractivity contribution in [1.82, 2.24) is 18.7 Å². The molecule has 0 fully saturated rings. The second kappa shape index (κ2) is 5.34. The van der Waals surface area contributed by atoms with Gasteiger partial charge < -0.3 is 0 Å². The Hall–Kier alpha value is -2.88. The van der Waals surface area contributed by atoms with Gasteiger partial charge in [-0.25, -0.2) is 4.57 Å².